The monoisotopic (exact) mass is 532 g/mol. The normalized spacial score (nSPS) is 31.1. The first-order valence-electron chi connectivity index (χ1n) is 13.5. The van der Waals surface area contributed by atoms with Gasteiger partial charge >= 0.3 is 6.03 Å². The Labute approximate surface area is 220 Å². The quantitative estimate of drug-likeness (QED) is 0.598. The van der Waals surface area contributed by atoms with Crippen molar-refractivity contribution in [3.63, 3.8) is 0 Å². The summed E-state index contributed by atoms with van der Waals surface area (Å²) in [5.41, 5.74) is -0.130. The van der Waals surface area contributed by atoms with Gasteiger partial charge in [0.1, 0.15) is 6.54 Å². The van der Waals surface area contributed by atoms with Gasteiger partial charge in [-0.2, -0.15) is 0 Å². The number of hydrogen-bond donors (Lipinski definition) is 1. The van der Waals surface area contributed by atoms with Crippen LogP contribution in [0.25, 0.3) is 0 Å². The van der Waals surface area contributed by atoms with Crippen molar-refractivity contribution in [2.45, 2.75) is 61.6 Å². The molecule has 0 aromatic heterocycles. The van der Waals surface area contributed by atoms with Crippen LogP contribution in [0.4, 0.5) is 4.79 Å². The Hall–Kier alpha value is -2.17. The predicted octanol–water partition coefficient (Wildman–Crippen LogP) is 1.67. The van der Waals surface area contributed by atoms with E-state index < -0.39 is 21.0 Å². The van der Waals surface area contributed by atoms with Crippen LogP contribution in [0, 0.1) is 0 Å². The fourth-order valence-electron chi connectivity index (χ4n) is 6.80. The van der Waals surface area contributed by atoms with Crippen LogP contribution in [0.15, 0.2) is 30.3 Å². The average molecular weight is 533 g/mol. The second-order valence-corrected chi connectivity index (χ2v) is 14.2. The molecular formula is C27H40N4O5S. The lowest BCUT2D eigenvalue weighted by atomic mass is 9.67. The molecule has 1 N–H and O–H groups in total. The molecule has 0 atom stereocenters. The van der Waals surface area contributed by atoms with E-state index in [-0.39, 0.29) is 48.6 Å². The first-order chi connectivity index (χ1) is 17.5. The third-order valence-corrected chi connectivity index (χ3v) is 11.1. The lowest BCUT2D eigenvalue weighted by Crippen LogP contribution is -2.59. The lowest BCUT2D eigenvalue weighted by molar-refractivity contribution is -0.131. The summed E-state index contributed by atoms with van der Waals surface area (Å²) in [6.07, 6.45) is 5.67. The summed E-state index contributed by atoms with van der Waals surface area (Å²) in [5.74, 6) is -0.255. The van der Waals surface area contributed by atoms with Crippen molar-refractivity contribution in [3.8, 4) is 0 Å². The molecule has 2 saturated heterocycles. The van der Waals surface area contributed by atoms with E-state index in [2.05, 4.69) is 43.3 Å². The molecule has 2 heterocycles. The van der Waals surface area contributed by atoms with E-state index >= 15 is 0 Å². The summed E-state index contributed by atoms with van der Waals surface area (Å²) in [4.78, 5) is 34.2. The van der Waals surface area contributed by atoms with Crippen molar-refractivity contribution in [1.82, 2.24) is 19.6 Å². The number of benzene rings is 1. The molecule has 2 aliphatic heterocycles. The average Bonchev–Trinajstić information content (AvgIpc) is 3.09. The molecule has 2 saturated carbocycles. The summed E-state index contributed by atoms with van der Waals surface area (Å²) in [5, 5.41) is 11.0. The Balaban J connectivity index is 1.36. The molecule has 37 heavy (non-hydrogen) atoms. The Kier molecular flexibility index (Phi) is 6.82. The van der Waals surface area contributed by atoms with Gasteiger partial charge in [0, 0.05) is 25.2 Å². The van der Waals surface area contributed by atoms with Gasteiger partial charge in [-0.25, -0.2) is 13.2 Å². The highest BCUT2D eigenvalue weighted by atomic mass is 32.2. The van der Waals surface area contributed by atoms with Gasteiger partial charge < -0.3 is 19.8 Å². The summed E-state index contributed by atoms with van der Waals surface area (Å²) in [6, 6.07) is 10.3. The molecule has 204 valence electrons. The Morgan fingerprint density at radius 2 is 1.62 bits per heavy atom. The van der Waals surface area contributed by atoms with Gasteiger partial charge in [-0.1, -0.05) is 30.3 Å². The Bertz CT molecular complexity index is 1110. The number of hydrogen-bond acceptors (Lipinski definition) is 6. The maximum absolute atomic E-state index is 13.7. The maximum atomic E-state index is 13.7. The van der Waals surface area contributed by atoms with Crippen molar-refractivity contribution in [2.24, 2.45) is 0 Å². The number of aliphatic hydroxyl groups is 1. The minimum Gasteiger partial charge on any atom is -0.388 e. The van der Waals surface area contributed by atoms with E-state index in [0.29, 0.717) is 25.9 Å². The summed E-state index contributed by atoms with van der Waals surface area (Å²) in [6.45, 7) is 1.07. The molecule has 1 spiro atoms. The molecule has 1 aromatic carbocycles. The highest BCUT2D eigenvalue weighted by molar-refractivity contribution is 7.91. The highest BCUT2D eigenvalue weighted by Crippen LogP contribution is 2.50. The third-order valence-electron chi connectivity index (χ3n) is 9.49. The zero-order valence-electron chi connectivity index (χ0n) is 22.1. The molecule has 5 rings (SSSR count). The largest absolute Gasteiger partial charge is 0.388 e. The molecule has 10 heteroatoms. The minimum absolute atomic E-state index is 0.0259. The standard InChI is InChI=1S/C27H40N4O5S/c1-28(2)27(22-7-4-3-5-8-22)13-11-25(12-14-27)20-30(24(33)31(25)21-26(34)9-6-10-26)19-23(32)29-15-17-37(35,36)18-16-29/h3-5,7-8,34H,6,9-21H2,1-2H3/t25-,27+. The predicted molar refractivity (Wildman–Crippen MR) is 141 cm³/mol. The van der Waals surface area contributed by atoms with Gasteiger partial charge in [-0.05, 0) is 64.6 Å². The topological polar surface area (TPSA) is 101 Å². The van der Waals surface area contributed by atoms with Crippen molar-refractivity contribution in [2.75, 3.05) is 58.3 Å². The Morgan fingerprint density at radius 3 is 2.16 bits per heavy atom. The van der Waals surface area contributed by atoms with Gasteiger partial charge in [0.2, 0.25) is 5.91 Å². The van der Waals surface area contributed by atoms with E-state index in [0.717, 1.165) is 32.1 Å². The SMILES string of the molecule is CN(C)[C@]1(c2ccccc2)CC[C@]2(CC1)CN(CC(=O)N1CCS(=O)(=O)CC1)C(=O)N2CC1(O)CCC1. The van der Waals surface area contributed by atoms with E-state index in [1.807, 2.05) is 11.0 Å². The lowest BCUT2D eigenvalue weighted by Gasteiger charge is -2.52. The molecule has 4 fully saturated rings. The van der Waals surface area contributed by atoms with Gasteiger partial charge in [0.15, 0.2) is 9.84 Å². The third kappa shape index (κ3) is 4.88. The number of nitrogens with zero attached hydrogens (tertiary/aromatic N) is 4. The molecule has 3 amide bonds. The minimum atomic E-state index is -3.09. The number of urea groups is 1. The van der Waals surface area contributed by atoms with Gasteiger partial charge in [0.25, 0.3) is 0 Å². The van der Waals surface area contributed by atoms with Crippen LogP contribution in [0.3, 0.4) is 0 Å². The van der Waals surface area contributed by atoms with Crippen LogP contribution < -0.4 is 0 Å². The zero-order chi connectivity index (χ0) is 26.5. The van der Waals surface area contributed by atoms with E-state index in [9.17, 15) is 23.1 Å². The second-order valence-electron chi connectivity index (χ2n) is 11.9. The number of amides is 3. The number of β-amino-alcohol motifs (C(OH)–C–C–N with tert-alkyl or cyclic N) is 1. The first-order valence-corrected chi connectivity index (χ1v) is 15.3. The smallest absolute Gasteiger partial charge is 0.321 e. The van der Waals surface area contributed by atoms with Gasteiger partial charge in [-0.15, -0.1) is 0 Å². The molecule has 4 aliphatic rings. The molecule has 9 nitrogen and oxygen atoms in total. The van der Waals surface area contributed by atoms with Crippen LogP contribution >= 0.6 is 0 Å². The van der Waals surface area contributed by atoms with Crippen LogP contribution in [-0.4, -0.2) is 115 Å². The first kappa shape index (κ1) is 26.4. The molecule has 0 unspecified atom stereocenters. The molecule has 1 aromatic rings. The van der Waals surface area contributed by atoms with E-state index in [4.69, 9.17) is 0 Å². The molecule has 2 aliphatic carbocycles. The van der Waals surface area contributed by atoms with Crippen molar-refractivity contribution >= 4 is 21.8 Å². The van der Waals surface area contributed by atoms with Crippen LogP contribution in [-0.2, 0) is 20.2 Å². The number of sulfone groups is 1. The van der Waals surface area contributed by atoms with E-state index in [1.165, 1.54) is 5.56 Å². The maximum Gasteiger partial charge on any atom is 0.321 e. The van der Waals surface area contributed by atoms with Crippen molar-refractivity contribution < 1.29 is 23.1 Å². The number of carbonyl (C=O) groups excluding carboxylic acids is 2. The fourth-order valence-corrected chi connectivity index (χ4v) is 8.00. The Morgan fingerprint density at radius 1 is 1.00 bits per heavy atom. The van der Waals surface area contributed by atoms with Crippen molar-refractivity contribution in [1.29, 1.82) is 0 Å². The summed E-state index contributed by atoms with van der Waals surface area (Å²) in [7, 11) is 1.14. The molecule has 0 bridgehead atoms. The fraction of sp³-hybridized carbons (Fsp3) is 0.704. The summed E-state index contributed by atoms with van der Waals surface area (Å²) >= 11 is 0. The van der Waals surface area contributed by atoms with Crippen molar-refractivity contribution in [3.05, 3.63) is 35.9 Å². The molecule has 0 radical (unpaired) electrons. The summed E-state index contributed by atoms with van der Waals surface area (Å²) < 4.78 is 23.6. The highest BCUT2D eigenvalue weighted by Gasteiger charge is 2.56. The molecular weight excluding hydrogens is 492 g/mol. The second kappa shape index (κ2) is 9.54. The van der Waals surface area contributed by atoms with Crippen LogP contribution in [0.1, 0.15) is 50.5 Å². The van der Waals surface area contributed by atoms with Crippen LogP contribution in [0.5, 0.6) is 0 Å². The van der Waals surface area contributed by atoms with Gasteiger partial charge in [0.05, 0.1) is 29.2 Å². The zero-order valence-corrected chi connectivity index (χ0v) is 22.9. The van der Waals surface area contributed by atoms with Gasteiger partial charge in [-0.3, -0.25) is 9.69 Å². The van der Waals surface area contributed by atoms with Crippen LogP contribution in [0.2, 0.25) is 0 Å². The van der Waals surface area contributed by atoms with E-state index in [1.54, 1.807) is 9.80 Å². The number of rotatable bonds is 6. The number of carbonyl (C=O) groups is 2.